The summed E-state index contributed by atoms with van der Waals surface area (Å²) in [5.74, 6) is 0.786. The Labute approximate surface area is 136 Å². The van der Waals surface area contributed by atoms with Crippen molar-refractivity contribution in [2.45, 2.75) is 40.5 Å². The number of hydrogen-bond acceptors (Lipinski definition) is 3. The zero-order valence-electron chi connectivity index (χ0n) is 14.1. The lowest BCUT2D eigenvalue weighted by molar-refractivity contribution is 0.0923. The van der Waals surface area contributed by atoms with Gasteiger partial charge in [0.05, 0.1) is 5.69 Å². The van der Waals surface area contributed by atoms with E-state index in [1.54, 1.807) is 13.0 Å². The molecule has 0 aliphatic carbocycles. The molecule has 0 spiro atoms. The van der Waals surface area contributed by atoms with Gasteiger partial charge in [-0.05, 0) is 49.4 Å². The molecule has 1 heterocycles. The van der Waals surface area contributed by atoms with E-state index < -0.39 is 0 Å². The van der Waals surface area contributed by atoms with Crippen LogP contribution >= 0.6 is 0 Å². The fourth-order valence-electron chi connectivity index (χ4n) is 2.43. The molecule has 23 heavy (non-hydrogen) atoms. The van der Waals surface area contributed by atoms with Crippen molar-refractivity contribution in [2.75, 3.05) is 6.54 Å². The molecule has 0 atom stereocenters. The monoisotopic (exact) mass is 318 g/mol. The Bertz CT molecular complexity index is 692. The first-order valence-corrected chi connectivity index (χ1v) is 7.86. The zero-order chi connectivity index (χ0) is 17.0. The number of rotatable bonds is 6. The van der Waals surface area contributed by atoms with Crippen LogP contribution < -0.4 is 5.32 Å². The maximum Gasteiger partial charge on any atom is 0.289 e. The molecule has 2 aromatic rings. The predicted octanol–water partition coefficient (Wildman–Crippen LogP) is 3.60. The van der Waals surface area contributed by atoms with Gasteiger partial charge in [-0.2, -0.15) is 0 Å². The van der Waals surface area contributed by atoms with Crippen LogP contribution in [0.3, 0.4) is 0 Å². The molecule has 0 saturated heterocycles. The van der Waals surface area contributed by atoms with Crippen LogP contribution in [0.1, 0.15) is 47.1 Å². The number of halogens is 1. The van der Waals surface area contributed by atoms with Gasteiger partial charge < -0.3 is 9.73 Å². The molecule has 0 aliphatic rings. The van der Waals surface area contributed by atoms with E-state index in [2.05, 4.69) is 24.1 Å². The van der Waals surface area contributed by atoms with Crippen molar-refractivity contribution in [3.63, 3.8) is 0 Å². The number of carbonyl (C=O) groups excluding carboxylic acids is 1. The number of hydrogen-bond donors (Lipinski definition) is 1. The summed E-state index contributed by atoms with van der Waals surface area (Å²) in [5, 5.41) is 2.83. The molecular weight excluding hydrogens is 295 g/mol. The number of nitrogens with one attached hydrogen (secondary N) is 1. The lowest BCUT2D eigenvalue weighted by atomic mass is 10.1. The fourth-order valence-corrected chi connectivity index (χ4v) is 2.43. The number of benzene rings is 1. The van der Waals surface area contributed by atoms with Gasteiger partial charge in [0.1, 0.15) is 5.82 Å². The molecule has 1 N–H and O–H groups in total. The molecule has 0 aliphatic heterocycles. The normalized spacial score (nSPS) is 11.0. The second kappa shape index (κ2) is 7.40. The molecule has 0 fully saturated rings. The zero-order valence-corrected chi connectivity index (χ0v) is 14.1. The van der Waals surface area contributed by atoms with Crippen LogP contribution in [0.25, 0.3) is 0 Å². The number of aryl methyl sites for hydroxylation is 2. The van der Waals surface area contributed by atoms with Crippen LogP contribution in [0.4, 0.5) is 4.39 Å². The smallest absolute Gasteiger partial charge is 0.289 e. The van der Waals surface area contributed by atoms with E-state index in [-0.39, 0.29) is 17.5 Å². The van der Waals surface area contributed by atoms with Crippen LogP contribution in [-0.2, 0) is 12.8 Å². The molecule has 0 bridgehead atoms. The Kier molecular flexibility index (Phi) is 5.53. The highest BCUT2D eigenvalue weighted by atomic mass is 19.1. The number of oxazole rings is 1. The minimum absolute atomic E-state index is 0.245. The first-order chi connectivity index (χ1) is 10.9. The van der Waals surface area contributed by atoms with Gasteiger partial charge >= 0.3 is 0 Å². The first-order valence-electron chi connectivity index (χ1n) is 7.86. The van der Waals surface area contributed by atoms with Crippen molar-refractivity contribution in [3.05, 3.63) is 52.5 Å². The fraction of sp³-hybridized carbons (Fsp3) is 0.444. The Morgan fingerprint density at radius 1 is 1.35 bits per heavy atom. The molecule has 5 heteroatoms. The third-order valence-corrected chi connectivity index (χ3v) is 3.61. The first kappa shape index (κ1) is 17.2. The van der Waals surface area contributed by atoms with E-state index in [1.165, 1.54) is 12.1 Å². The molecule has 1 aromatic carbocycles. The highest BCUT2D eigenvalue weighted by molar-refractivity contribution is 5.92. The number of amides is 1. The Hall–Kier alpha value is -2.17. The third kappa shape index (κ3) is 4.65. The summed E-state index contributed by atoms with van der Waals surface area (Å²) in [6.45, 7) is 8.24. The summed E-state index contributed by atoms with van der Waals surface area (Å²) in [6.07, 6.45) is 1.35. The Balaban J connectivity index is 1.93. The summed E-state index contributed by atoms with van der Waals surface area (Å²) in [6, 6.07) is 4.68. The molecule has 0 saturated carbocycles. The molecule has 1 aromatic heterocycles. The van der Waals surface area contributed by atoms with Crippen molar-refractivity contribution < 1.29 is 13.6 Å². The van der Waals surface area contributed by atoms with Gasteiger partial charge in [0.2, 0.25) is 5.76 Å². The predicted molar refractivity (Wildman–Crippen MR) is 87.0 cm³/mol. The molecular formula is C18H23FN2O2. The second-order valence-corrected chi connectivity index (χ2v) is 6.20. The topological polar surface area (TPSA) is 55.1 Å². The van der Waals surface area contributed by atoms with E-state index >= 15 is 0 Å². The Morgan fingerprint density at radius 2 is 2.09 bits per heavy atom. The van der Waals surface area contributed by atoms with Gasteiger partial charge in [-0.15, -0.1) is 0 Å². The van der Waals surface area contributed by atoms with E-state index in [9.17, 15) is 9.18 Å². The van der Waals surface area contributed by atoms with Crippen LogP contribution in [0.15, 0.2) is 22.6 Å². The second-order valence-electron chi connectivity index (χ2n) is 6.20. The molecule has 124 valence electrons. The number of aromatic nitrogens is 1. The van der Waals surface area contributed by atoms with Gasteiger partial charge in [-0.3, -0.25) is 4.79 Å². The van der Waals surface area contributed by atoms with Crippen molar-refractivity contribution in [1.82, 2.24) is 10.3 Å². The maximum atomic E-state index is 13.1. The minimum Gasteiger partial charge on any atom is -0.435 e. The van der Waals surface area contributed by atoms with Crippen molar-refractivity contribution >= 4 is 5.91 Å². The van der Waals surface area contributed by atoms with Crippen LogP contribution in [0, 0.1) is 25.6 Å². The van der Waals surface area contributed by atoms with Crippen molar-refractivity contribution in [2.24, 2.45) is 5.92 Å². The van der Waals surface area contributed by atoms with Gasteiger partial charge in [0.15, 0.2) is 5.89 Å². The summed E-state index contributed by atoms with van der Waals surface area (Å²) >= 11 is 0. The van der Waals surface area contributed by atoms with Gasteiger partial charge in [0, 0.05) is 13.0 Å². The Morgan fingerprint density at radius 3 is 2.74 bits per heavy atom. The minimum atomic E-state index is -0.259. The van der Waals surface area contributed by atoms with Crippen LogP contribution in [-0.4, -0.2) is 17.4 Å². The number of carbonyl (C=O) groups is 1. The molecule has 0 unspecified atom stereocenters. The quantitative estimate of drug-likeness (QED) is 0.885. The number of nitrogens with zero attached hydrogens (tertiary/aromatic N) is 1. The lowest BCUT2D eigenvalue weighted by Crippen LogP contribution is -2.26. The van der Waals surface area contributed by atoms with Crippen molar-refractivity contribution in [3.8, 4) is 0 Å². The SMILES string of the molecule is Cc1cc(F)ccc1CCNC(=O)c1oc(CC(C)C)nc1C. The highest BCUT2D eigenvalue weighted by Crippen LogP contribution is 2.14. The van der Waals surface area contributed by atoms with E-state index in [0.29, 0.717) is 36.9 Å². The van der Waals surface area contributed by atoms with Crippen molar-refractivity contribution in [1.29, 1.82) is 0 Å². The average molecular weight is 318 g/mol. The summed E-state index contributed by atoms with van der Waals surface area (Å²) in [5.41, 5.74) is 2.51. The van der Waals surface area contributed by atoms with E-state index in [4.69, 9.17) is 4.42 Å². The molecule has 1 amide bonds. The standard InChI is InChI=1S/C18H23FN2O2/c1-11(2)9-16-21-13(4)17(23-16)18(22)20-8-7-14-5-6-15(19)10-12(14)3/h5-6,10-11H,7-9H2,1-4H3,(H,20,22). The van der Waals surface area contributed by atoms with Gasteiger partial charge in [-0.25, -0.2) is 9.37 Å². The summed E-state index contributed by atoms with van der Waals surface area (Å²) in [4.78, 5) is 16.5. The van der Waals surface area contributed by atoms with Crippen LogP contribution in [0.2, 0.25) is 0 Å². The lowest BCUT2D eigenvalue weighted by Gasteiger charge is -2.07. The average Bonchev–Trinajstić information content (AvgIpc) is 2.81. The molecule has 0 radical (unpaired) electrons. The van der Waals surface area contributed by atoms with E-state index in [0.717, 1.165) is 11.1 Å². The van der Waals surface area contributed by atoms with Crippen LogP contribution in [0.5, 0.6) is 0 Å². The summed E-state index contributed by atoms with van der Waals surface area (Å²) < 4.78 is 18.6. The van der Waals surface area contributed by atoms with E-state index in [1.807, 2.05) is 6.92 Å². The molecule has 2 rings (SSSR count). The van der Waals surface area contributed by atoms with Gasteiger partial charge in [-0.1, -0.05) is 19.9 Å². The van der Waals surface area contributed by atoms with Gasteiger partial charge in [0.25, 0.3) is 5.91 Å². The third-order valence-electron chi connectivity index (χ3n) is 3.61. The molecule has 4 nitrogen and oxygen atoms in total. The summed E-state index contributed by atoms with van der Waals surface area (Å²) in [7, 11) is 0. The highest BCUT2D eigenvalue weighted by Gasteiger charge is 2.17. The maximum absolute atomic E-state index is 13.1. The largest absolute Gasteiger partial charge is 0.435 e.